The quantitative estimate of drug-likeness (QED) is 0.851. The zero-order chi connectivity index (χ0) is 13.7. The smallest absolute Gasteiger partial charge is 0.303 e. The number of anilines is 1. The topological polar surface area (TPSA) is 62.2 Å². The van der Waals surface area contributed by atoms with Crippen LogP contribution in [0, 0.1) is 6.92 Å². The summed E-state index contributed by atoms with van der Waals surface area (Å²) >= 11 is 1.67. The summed E-state index contributed by atoms with van der Waals surface area (Å²) in [6, 6.07) is 7.87. The third kappa shape index (κ3) is 4.37. The van der Waals surface area contributed by atoms with Crippen LogP contribution in [0.15, 0.2) is 30.5 Å². The fraction of sp³-hybridized carbons (Fsp3) is 0.286. The van der Waals surface area contributed by atoms with Crippen LogP contribution in [-0.2, 0) is 17.8 Å². The number of carboxylic acids is 1. The number of nitrogens with one attached hydrogen (secondary N) is 1. The number of aryl methyl sites for hydroxylation is 2. The minimum Gasteiger partial charge on any atom is -0.481 e. The van der Waals surface area contributed by atoms with Gasteiger partial charge in [-0.1, -0.05) is 12.1 Å². The number of rotatable bonds is 6. The van der Waals surface area contributed by atoms with E-state index in [1.807, 2.05) is 37.4 Å². The lowest BCUT2D eigenvalue weighted by molar-refractivity contribution is -0.136. The molecule has 2 aromatic rings. The second-order valence-electron chi connectivity index (χ2n) is 4.29. The summed E-state index contributed by atoms with van der Waals surface area (Å²) in [4.78, 5) is 15.9. The van der Waals surface area contributed by atoms with Crippen molar-refractivity contribution in [3.8, 4) is 0 Å². The van der Waals surface area contributed by atoms with Crippen molar-refractivity contribution in [2.24, 2.45) is 0 Å². The van der Waals surface area contributed by atoms with Crippen LogP contribution in [-0.4, -0.2) is 16.1 Å². The van der Waals surface area contributed by atoms with Gasteiger partial charge in [-0.2, -0.15) is 0 Å². The minimum absolute atomic E-state index is 0.164. The molecule has 0 aliphatic heterocycles. The van der Waals surface area contributed by atoms with Gasteiger partial charge >= 0.3 is 5.97 Å². The molecule has 0 unspecified atom stereocenters. The third-order valence-corrected chi connectivity index (χ3v) is 3.60. The Kier molecular flexibility index (Phi) is 4.52. The van der Waals surface area contributed by atoms with Gasteiger partial charge in [-0.3, -0.25) is 4.79 Å². The first kappa shape index (κ1) is 13.5. The molecule has 0 spiro atoms. The Morgan fingerprint density at radius 1 is 1.47 bits per heavy atom. The van der Waals surface area contributed by atoms with Crippen LogP contribution < -0.4 is 5.32 Å². The molecule has 0 fully saturated rings. The van der Waals surface area contributed by atoms with Crippen molar-refractivity contribution in [2.45, 2.75) is 26.3 Å². The number of thiazole rings is 1. The third-order valence-electron chi connectivity index (χ3n) is 2.69. The second kappa shape index (κ2) is 6.33. The molecule has 1 aromatic heterocycles. The van der Waals surface area contributed by atoms with Crippen molar-refractivity contribution >= 4 is 23.0 Å². The van der Waals surface area contributed by atoms with Crippen molar-refractivity contribution in [3.63, 3.8) is 0 Å². The Balaban J connectivity index is 1.93. The molecule has 0 bridgehead atoms. The number of benzene rings is 1. The Morgan fingerprint density at radius 3 is 3.00 bits per heavy atom. The molecule has 0 aliphatic rings. The first-order valence-electron chi connectivity index (χ1n) is 6.09. The fourth-order valence-electron chi connectivity index (χ4n) is 1.76. The lowest BCUT2D eigenvalue weighted by Gasteiger charge is -2.06. The van der Waals surface area contributed by atoms with E-state index in [2.05, 4.69) is 10.3 Å². The second-order valence-corrected chi connectivity index (χ2v) is 5.61. The van der Waals surface area contributed by atoms with Crippen LogP contribution in [0.3, 0.4) is 0 Å². The summed E-state index contributed by atoms with van der Waals surface area (Å²) in [7, 11) is 0. The lowest BCUT2D eigenvalue weighted by atomic mass is 10.1. The molecule has 0 saturated carbocycles. The van der Waals surface area contributed by atoms with Gasteiger partial charge in [-0.15, -0.1) is 11.3 Å². The molecular formula is C14H16N2O2S. The monoisotopic (exact) mass is 276 g/mol. The van der Waals surface area contributed by atoms with Crippen molar-refractivity contribution in [3.05, 3.63) is 45.9 Å². The molecule has 5 heteroatoms. The molecular weight excluding hydrogens is 260 g/mol. The van der Waals surface area contributed by atoms with Crippen LogP contribution in [0.5, 0.6) is 0 Å². The normalized spacial score (nSPS) is 10.4. The van der Waals surface area contributed by atoms with Gasteiger partial charge < -0.3 is 10.4 Å². The highest BCUT2D eigenvalue weighted by Gasteiger charge is 2.01. The predicted molar refractivity (Wildman–Crippen MR) is 76.6 cm³/mol. The Bertz CT molecular complexity index is 566. The van der Waals surface area contributed by atoms with Gasteiger partial charge in [0.2, 0.25) is 0 Å². The summed E-state index contributed by atoms with van der Waals surface area (Å²) < 4.78 is 0. The number of carbonyl (C=O) groups is 1. The van der Waals surface area contributed by atoms with Crippen LogP contribution in [0.2, 0.25) is 0 Å². The molecule has 2 N–H and O–H groups in total. The molecule has 0 atom stereocenters. The van der Waals surface area contributed by atoms with Gasteiger partial charge in [-0.05, 0) is 31.0 Å². The van der Waals surface area contributed by atoms with Crippen molar-refractivity contribution in [1.82, 2.24) is 4.98 Å². The highest BCUT2D eigenvalue weighted by molar-refractivity contribution is 7.11. The van der Waals surface area contributed by atoms with Crippen LogP contribution in [0.25, 0.3) is 0 Å². The summed E-state index contributed by atoms with van der Waals surface area (Å²) in [6.45, 7) is 2.73. The van der Waals surface area contributed by atoms with Crippen LogP contribution >= 0.6 is 11.3 Å². The molecule has 19 heavy (non-hydrogen) atoms. The van der Waals surface area contributed by atoms with E-state index in [1.54, 1.807) is 11.3 Å². The number of hydrogen-bond acceptors (Lipinski definition) is 4. The average molecular weight is 276 g/mol. The van der Waals surface area contributed by atoms with Gasteiger partial charge in [0, 0.05) is 23.2 Å². The molecule has 0 amide bonds. The molecule has 1 heterocycles. The number of nitrogens with zero attached hydrogens (tertiary/aromatic N) is 1. The number of carboxylic acid groups (broad SMARTS) is 1. The summed E-state index contributed by atoms with van der Waals surface area (Å²) in [5.41, 5.74) is 2.04. The zero-order valence-corrected chi connectivity index (χ0v) is 11.5. The van der Waals surface area contributed by atoms with E-state index in [4.69, 9.17) is 5.11 Å². The van der Waals surface area contributed by atoms with Gasteiger partial charge in [-0.25, -0.2) is 4.98 Å². The molecule has 4 nitrogen and oxygen atoms in total. The van der Waals surface area contributed by atoms with E-state index in [9.17, 15) is 4.79 Å². The first-order valence-corrected chi connectivity index (χ1v) is 6.91. The maximum atomic E-state index is 10.5. The summed E-state index contributed by atoms with van der Waals surface area (Å²) in [5.74, 6) is -0.765. The Labute approximate surface area is 116 Å². The van der Waals surface area contributed by atoms with E-state index >= 15 is 0 Å². The van der Waals surface area contributed by atoms with Gasteiger partial charge in [0.1, 0.15) is 0 Å². The van der Waals surface area contributed by atoms with E-state index in [-0.39, 0.29) is 6.42 Å². The molecule has 0 radical (unpaired) electrons. The van der Waals surface area contributed by atoms with Crippen molar-refractivity contribution < 1.29 is 9.90 Å². The average Bonchev–Trinajstić information content (AvgIpc) is 2.80. The zero-order valence-electron chi connectivity index (χ0n) is 10.7. The summed E-state index contributed by atoms with van der Waals surface area (Å²) in [5, 5.41) is 13.1. The lowest BCUT2D eigenvalue weighted by Crippen LogP contribution is -2.00. The van der Waals surface area contributed by atoms with E-state index in [0.29, 0.717) is 6.42 Å². The largest absolute Gasteiger partial charge is 0.481 e. The van der Waals surface area contributed by atoms with E-state index in [1.165, 1.54) is 4.88 Å². The van der Waals surface area contributed by atoms with Gasteiger partial charge in [0.25, 0.3) is 0 Å². The SMILES string of the molecule is Cc1ncc(CNc2cccc(CCC(=O)O)c2)s1. The van der Waals surface area contributed by atoms with Crippen LogP contribution in [0.1, 0.15) is 21.9 Å². The summed E-state index contributed by atoms with van der Waals surface area (Å²) in [6.07, 6.45) is 2.60. The Morgan fingerprint density at radius 2 is 2.32 bits per heavy atom. The molecule has 2 rings (SSSR count). The predicted octanol–water partition coefficient (Wildman–Crippen LogP) is 3.08. The standard InChI is InChI=1S/C14H16N2O2S/c1-10-15-8-13(19-10)9-16-12-4-2-3-11(7-12)5-6-14(17)18/h2-4,7-8,16H,5-6,9H2,1H3,(H,17,18). The molecule has 0 aliphatic carbocycles. The van der Waals surface area contributed by atoms with Crippen molar-refractivity contribution in [2.75, 3.05) is 5.32 Å². The Hall–Kier alpha value is -1.88. The number of hydrogen-bond donors (Lipinski definition) is 2. The maximum absolute atomic E-state index is 10.5. The van der Waals surface area contributed by atoms with E-state index < -0.39 is 5.97 Å². The van der Waals surface area contributed by atoms with Crippen molar-refractivity contribution in [1.29, 1.82) is 0 Å². The van der Waals surface area contributed by atoms with Crippen LogP contribution in [0.4, 0.5) is 5.69 Å². The number of aliphatic carboxylic acids is 1. The highest BCUT2D eigenvalue weighted by Crippen LogP contribution is 2.16. The molecule has 1 aromatic carbocycles. The minimum atomic E-state index is -0.765. The molecule has 0 saturated heterocycles. The molecule has 100 valence electrons. The van der Waals surface area contributed by atoms with E-state index in [0.717, 1.165) is 22.8 Å². The number of aromatic nitrogens is 1. The first-order chi connectivity index (χ1) is 9.13. The van der Waals surface area contributed by atoms with Gasteiger partial charge in [0.15, 0.2) is 0 Å². The maximum Gasteiger partial charge on any atom is 0.303 e. The highest BCUT2D eigenvalue weighted by atomic mass is 32.1. The fourth-order valence-corrected chi connectivity index (χ4v) is 2.50. The van der Waals surface area contributed by atoms with Gasteiger partial charge in [0.05, 0.1) is 11.6 Å².